The molecule has 0 atom stereocenters. The minimum absolute atomic E-state index is 0.0239. The summed E-state index contributed by atoms with van der Waals surface area (Å²) in [7, 11) is -6.02. The second-order valence-electron chi connectivity index (χ2n) is 8.97. The number of carbonyl (C=O) groups excluding carboxylic acids is 1. The van der Waals surface area contributed by atoms with E-state index in [1.54, 1.807) is 36.2 Å². The Hall–Kier alpha value is -2.43. The first-order chi connectivity index (χ1) is 16.2. The Kier molecular flexibility index (Phi) is 7.30. The van der Waals surface area contributed by atoms with Crippen LogP contribution in [0.4, 0.5) is 5.69 Å². The van der Waals surface area contributed by atoms with E-state index in [9.17, 15) is 21.6 Å². The van der Waals surface area contributed by atoms with Gasteiger partial charge >= 0.3 is 0 Å². The van der Waals surface area contributed by atoms with Gasteiger partial charge in [-0.15, -0.1) is 0 Å². The number of benzene rings is 2. The predicted molar refractivity (Wildman–Crippen MR) is 131 cm³/mol. The molecule has 0 aromatic heterocycles. The molecular formula is C24H31N3O5S2. The van der Waals surface area contributed by atoms with Gasteiger partial charge in [-0.05, 0) is 74.2 Å². The summed E-state index contributed by atoms with van der Waals surface area (Å²) in [5, 5.41) is 0. The van der Waals surface area contributed by atoms with Gasteiger partial charge in [-0.2, -0.15) is 4.31 Å². The van der Waals surface area contributed by atoms with Gasteiger partial charge in [-0.3, -0.25) is 9.52 Å². The Labute approximate surface area is 202 Å². The fourth-order valence-corrected chi connectivity index (χ4v) is 7.07. The van der Waals surface area contributed by atoms with Crippen molar-refractivity contribution in [2.45, 2.75) is 60.8 Å². The van der Waals surface area contributed by atoms with Crippen molar-refractivity contribution in [3.63, 3.8) is 0 Å². The van der Waals surface area contributed by atoms with E-state index in [-0.39, 0.29) is 21.7 Å². The zero-order valence-electron chi connectivity index (χ0n) is 19.3. The highest BCUT2D eigenvalue weighted by atomic mass is 32.2. The average Bonchev–Trinajstić information content (AvgIpc) is 3.39. The first-order valence-corrected chi connectivity index (χ1v) is 14.6. The molecule has 8 nitrogen and oxygen atoms in total. The number of sulfonamides is 2. The summed E-state index contributed by atoms with van der Waals surface area (Å²) in [4.78, 5) is 14.3. The molecule has 0 spiro atoms. The quantitative estimate of drug-likeness (QED) is 0.618. The molecule has 1 aliphatic heterocycles. The van der Waals surface area contributed by atoms with Crippen LogP contribution in [-0.2, 0) is 20.0 Å². The topological polar surface area (TPSA) is 104 Å². The van der Waals surface area contributed by atoms with Crippen LogP contribution in [0.3, 0.4) is 0 Å². The predicted octanol–water partition coefficient (Wildman–Crippen LogP) is 3.68. The third kappa shape index (κ3) is 5.29. The van der Waals surface area contributed by atoms with Gasteiger partial charge in [0.2, 0.25) is 10.0 Å². The monoisotopic (exact) mass is 505 g/mol. The Balaban J connectivity index is 1.45. The zero-order chi connectivity index (χ0) is 24.3. The van der Waals surface area contributed by atoms with E-state index in [1.165, 1.54) is 28.6 Å². The maximum absolute atomic E-state index is 13.0. The summed E-state index contributed by atoms with van der Waals surface area (Å²) >= 11 is 0. The van der Waals surface area contributed by atoms with Gasteiger partial charge in [0.05, 0.1) is 9.79 Å². The summed E-state index contributed by atoms with van der Waals surface area (Å²) in [6, 6.07) is 11.6. The zero-order valence-corrected chi connectivity index (χ0v) is 20.9. The SMILES string of the molecule is CN(C1CCCCC1)S(=O)(=O)c1ccc(S(=O)(=O)Nc2ccc(C(=O)N3CCCC3)cc2)cc1. The van der Waals surface area contributed by atoms with Crippen LogP contribution >= 0.6 is 0 Å². The lowest BCUT2D eigenvalue weighted by Crippen LogP contribution is -2.38. The van der Waals surface area contributed by atoms with Crippen molar-refractivity contribution in [1.29, 1.82) is 0 Å². The third-order valence-electron chi connectivity index (χ3n) is 6.68. The summed E-state index contributed by atoms with van der Waals surface area (Å²) < 4.78 is 55.5. The molecule has 2 aliphatic rings. The molecule has 0 radical (unpaired) electrons. The van der Waals surface area contributed by atoms with Gasteiger partial charge in [0, 0.05) is 37.4 Å². The average molecular weight is 506 g/mol. The molecule has 1 saturated carbocycles. The molecule has 184 valence electrons. The smallest absolute Gasteiger partial charge is 0.261 e. The lowest BCUT2D eigenvalue weighted by molar-refractivity contribution is 0.0793. The van der Waals surface area contributed by atoms with E-state index in [0.717, 1.165) is 58.0 Å². The highest BCUT2D eigenvalue weighted by Crippen LogP contribution is 2.27. The van der Waals surface area contributed by atoms with E-state index < -0.39 is 20.0 Å². The van der Waals surface area contributed by atoms with Gasteiger partial charge in [0.25, 0.3) is 15.9 Å². The van der Waals surface area contributed by atoms with E-state index in [0.29, 0.717) is 11.3 Å². The summed E-state index contributed by atoms with van der Waals surface area (Å²) in [5.74, 6) is -0.0538. The molecule has 10 heteroatoms. The summed E-state index contributed by atoms with van der Waals surface area (Å²) in [6.07, 6.45) is 6.84. The molecule has 2 fully saturated rings. The molecule has 1 N–H and O–H groups in total. The fraction of sp³-hybridized carbons (Fsp3) is 0.458. The fourth-order valence-electron chi connectivity index (χ4n) is 4.60. The lowest BCUT2D eigenvalue weighted by atomic mass is 9.96. The van der Waals surface area contributed by atoms with Crippen molar-refractivity contribution in [3.05, 3.63) is 54.1 Å². The normalized spacial score (nSPS) is 17.8. The molecule has 2 aromatic carbocycles. The number of amides is 1. The highest BCUT2D eigenvalue weighted by Gasteiger charge is 2.29. The first kappa shape index (κ1) is 24.7. The van der Waals surface area contributed by atoms with Crippen molar-refractivity contribution < 1.29 is 21.6 Å². The van der Waals surface area contributed by atoms with Crippen LogP contribution in [0, 0.1) is 0 Å². The Morgan fingerprint density at radius 1 is 0.824 bits per heavy atom. The minimum atomic E-state index is -3.92. The maximum atomic E-state index is 13.0. The largest absolute Gasteiger partial charge is 0.339 e. The van der Waals surface area contributed by atoms with Crippen LogP contribution in [0.1, 0.15) is 55.3 Å². The molecule has 34 heavy (non-hydrogen) atoms. The van der Waals surface area contributed by atoms with E-state index in [1.807, 2.05) is 0 Å². The van der Waals surface area contributed by atoms with Crippen molar-refractivity contribution in [3.8, 4) is 0 Å². The molecule has 0 bridgehead atoms. The second kappa shape index (κ2) is 10.1. The molecular weight excluding hydrogens is 474 g/mol. The van der Waals surface area contributed by atoms with Crippen molar-refractivity contribution in [2.24, 2.45) is 0 Å². The molecule has 1 saturated heterocycles. The van der Waals surface area contributed by atoms with E-state index in [2.05, 4.69) is 4.72 Å². The molecule has 1 amide bonds. The maximum Gasteiger partial charge on any atom is 0.261 e. The number of anilines is 1. The number of hydrogen-bond donors (Lipinski definition) is 1. The third-order valence-corrected chi connectivity index (χ3v) is 10.00. The number of hydrogen-bond acceptors (Lipinski definition) is 5. The summed E-state index contributed by atoms with van der Waals surface area (Å²) in [6.45, 7) is 1.49. The first-order valence-electron chi connectivity index (χ1n) is 11.7. The Morgan fingerprint density at radius 2 is 1.38 bits per heavy atom. The minimum Gasteiger partial charge on any atom is -0.339 e. The number of carbonyl (C=O) groups is 1. The van der Waals surface area contributed by atoms with Gasteiger partial charge < -0.3 is 4.90 Å². The Bertz CT molecular complexity index is 1210. The highest BCUT2D eigenvalue weighted by molar-refractivity contribution is 7.92. The van der Waals surface area contributed by atoms with Crippen molar-refractivity contribution >= 4 is 31.6 Å². The van der Waals surface area contributed by atoms with Crippen molar-refractivity contribution in [2.75, 3.05) is 24.9 Å². The van der Waals surface area contributed by atoms with Gasteiger partial charge in [-0.25, -0.2) is 16.8 Å². The van der Waals surface area contributed by atoms with Crippen LogP contribution < -0.4 is 4.72 Å². The number of likely N-dealkylation sites (tertiary alicyclic amines) is 1. The molecule has 2 aromatic rings. The van der Waals surface area contributed by atoms with E-state index in [4.69, 9.17) is 0 Å². The standard InChI is InChI=1S/C24H31N3O5S2/c1-26(21-7-3-2-4-8-21)34(31,32)23-15-13-22(14-16-23)33(29,30)25-20-11-9-19(10-12-20)24(28)27-17-5-6-18-27/h9-16,21,25H,2-8,17-18H2,1H3. The van der Waals surface area contributed by atoms with Gasteiger partial charge in [0.1, 0.15) is 0 Å². The molecule has 1 heterocycles. The van der Waals surface area contributed by atoms with Crippen LogP contribution in [0.25, 0.3) is 0 Å². The second-order valence-corrected chi connectivity index (χ2v) is 12.6. The number of nitrogens with zero attached hydrogens (tertiary/aromatic N) is 2. The summed E-state index contributed by atoms with van der Waals surface area (Å²) in [5.41, 5.74) is 0.841. The van der Waals surface area contributed by atoms with Crippen LogP contribution in [0.15, 0.2) is 58.3 Å². The molecule has 4 rings (SSSR count). The van der Waals surface area contributed by atoms with Gasteiger partial charge in [0.15, 0.2) is 0 Å². The number of nitrogens with one attached hydrogen (secondary N) is 1. The van der Waals surface area contributed by atoms with E-state index >= 15 is 0 Å². The van der Waals surface area contributed by atoms with Crippen LogP contribution in [0.5, 0.6) is 0 Å². The lowest BCUT2D eigenvalue weighted by Gasteiger charge is -2.30. The van der Waals surface area contributed by atoms with Crippen LogP contribution in [-0.4, -0.2) is 58.1 Å². The van der Waals surface area contributed by atoms with Gasteiger partial charge in [-0.1, -0.05) is 19.3 Å². The number of rotatable bonds is 7. The Morgan fingerprint density at radius 3 is 1.97 bits per heavy atom. The molecule has 0 unspecified atom stereocenters. The van der Waals surface area contributed by atoms with Crippen molar-refractivity contribution in [1.82, 2.24) is 9.21 Å². The molecule has 1 aliphatic carbocycles. The van der Waals surface area contributed by atoms with Crippen LogP contribution in [0.2, 0.25) is 0 Å².